The summed E-state index contributed by atoms with van der Waals surface area (Å²) in [7, 11) is 1.50. The highest BCUT2D eigenvalue weighted by molar-refractivity contribution is 9.10. The summed E-state index contributed by atoms with van der Waals surface area (Å²) in [5.41, 5.74) is 7.95. The van der Waals surface area contributed by atoms with Gasteiger partial charge in [-0.05, 0) is 56.3 Å². The van der Waals surface area contributed by atoms with Gasteiger partial charge in [-0.25, -0.2) is 4.98 Å². The first-order valence-corrected chi connectivity index (χ1v) is 11.7. The van der Waals surface area contributed by atoms with Gasteiger partial charge in [-0.15, -0.1) is 0 Å². The van der Waals surface area contributed by atoms with Gasteiger partial charge in [0.1, 0.15) is 29.3 Å². The van der Waals surface area contributed by atoms with E-state index in [9.17, 15) is 9.59 Å². The maximum atomic E-state index is 13.1. The number of hydrogen-bond acceptors (Lipinski definition) is 6. The van der Waals surface area contributed by atoms with Crippen molar-refractivity contribution in [2.24, 2.45) is 5.73 Å². The molecular weight excluding hydrogens is 516 g/mol. The number of ether oxygens (including phenoxy) is 2. The average molecular weight is 541 g/mol. The van der Waals surface area contributed by atoms with E-state index in [0.29, 0.717) is 47.9 Å². The summed E-state index contributed by atoms with van der Waals surface area (Å²) in [5, 5.41) is 7.22. The minimum absolute atomic E-state index is 0.252. The molecule has 0 saturated heterocycles. The van der Waals surface area contributed by atoms with Crippen LogP contribution >= 0.6 is 15.9 Å². The summed E-state index contributed by atoms with van der Waals surface area (Å²) < 4.78 is 15.8. The van der Waals surface area contributed by atoms with Gasteiger partial charge >= 0.3 is 0 Å². The fraction of sp³-hybridized carbons (Fsp3) is 0.250. The van der Waals surface area contributed by atoms with E-state index >= 15 is 0 Å². The number of benzene rings is 2. The number of rotatable bonds is 9. The number of methoxy groups -OCH3 is 1. The normalized spacial score (nSPS) is 11.0. The molecule has 10 nitrogen and oxygen atoms in total. The molecule has 0 unspecified atom stereocenters. The van der Waals surface area contributed by atoms with Crippen LogP contribution in [0.3, 0.4) is 0 Å². The third kappa shape index (κ3) is 5.14. The van der Waals surface area contributed by atoms with E-state index in [1.807, 2.05) is 38.1 Å². The van der Waals surface area contributed by atoms with Gasteiger partial charge < -0.3 is 19.8 Å². The molecule has 2 heterocycles. The number of hydrogen-bond donors (Lipinski definition) is 2. The van der Waals surface area contributed by atoms with Crippen LogP contribution in [0.5, 0.6) is 11.5 Å². The molecule has 182 valence electrons. The number of anilines is 1. The van der Waals surface area contributed by atoms with Crippen molar-refractivity contribution in [1.82, 2.24) is 19.3 Å². The second-order valence-electron chi connectivity index (χ2n) is 7.74. The number of carbonyl (C=O) groups excluding carboxylic acids is 2. The minimum Gasteiger partial charge on any atom is -0.494 e. The van der Waals surface area contributed by atoms with Crippen LogP contribution in [0.4, 0.5) is 5.95 Å². The Hall–Kier alpha value is -3.86. The molecule has 0 fully saturated rings. The summed E-state index contributed by atoms with van der Waals surface area (Å²) >= 11 is 3.41. The molecule has 0 saturated carbocycles. The van der Waals surface area contributed by atoms with Crippen LogP contribution in [0.1, 0.15) is 33.5 Å². The predicted octanol–water partition coefficient (Wildman–Crippen LogP) is 3.76. The van der Waals surface area contributed by atoms with E-state index in [0.717, 1.165) is 10.2 Å². The monoisotopic (exact) mass is 540 g/mol. The second-order valence-corrected chi connectivity index (χ2v) is 8.66. The number of nitrogens with one attached hydrogen (secondary N) is 1. The number of halogens is 1. The molecular formula is C24H25BrN6O4. The van der Waals surface area contributed by atoms with Crippen molar-refractivity contribution in [2.45, 2.75) is 26.9 Å². The number of nitrogens with two attached hydrogens (primary N) is 1. The molecule has 4 rings (SSSR count). The number of amides is 2. The molecule has 0 bridgehead atoms. The summed E-state index contributed by atoms with van der Waals surface area (Å²) in [6, 6.07) is 12.3. The van der Waals surface area contributed by atoms with Gasteiger partial charge in [-0.2, -0.15) is 5.10 Å². The smallest absolute Gasteiger partial charge is 0.276 e. The molecule has 0 spiro atoms. The Morgan fingerprint density at radius 2 is 1.91 bits per heavy atom. The van der Waals surface area contributed by atoms with Crippen LogP contribution < -0.4 is 20.5 Å². The van der Waals surface area contributed by atoms with E-state index in [-0.39, 0.29) is 17.4 Å². The molecule has 0 aliphatic carbocycles. The molecule has 0 aliphatic heterocycles. The highest BCUT2D eigenvalue weighted by Gasteiger charge is 2.21. The highest BCUT2D eigenvalue weighted by atomic mass is 79.9. The number of nitrogens with zero attached hydrogens (tertiary/aromatic N) is 4. The zero-order valence-electron chi connectivity index (χ0n) is 19.5. The molecule has 35 heavy (non-hydrogen) atoms. The van der Waals surface area contributed by atoms with E-state index in [2.05, 4.69) is 31.3 Å². The summed E-state index contributed by atoms with van der Waals surface area (Å²) in [6.45, 7) is 4.93. The quantitative estimate of drug-likeness (QED) is 0.332. The standard InChI is InChI=1S/C24H25BrN6O4/c1-4-31-19(11-14(2)29-31)23(33)28-24-27-18-12-15(22(26)32)13-20(34-3)21(18)30(24)9-10-35-17-7-5-16(25)6-8-17/h5-8,11-13H,4,9-10H2,1-3H3,(H2,26,32)(H,27,28,33). The topological polar surface area (TPSA) is 126 Å². The van der Waals surface area contributed by atoms with Crippen molar-refractivity contribution < 1.29 is 19.1 Å². The Bertz CT molecular complexity index is 1390. The SMILES string of the molecule is CCn1nc(C)cc1C(=O)Nc1nc2cc(C(N)=O)cc(OC)c2n1CCOc1ccc(Br)cc1. The van der Waals surface area contributed by atoms with Gasteiger partial charge in [-0.3, -0.25) is 19.6 Å². The lowest BCUT2D eigenvalue weighted by Crippen LogP contribution is -2.21. The van der Waals surface area contributed by atoms with Gasteiger partial charge in [-0.1, -0.05) is 15.9 Å². The van der Waals surface area contributed by atoms with Crippen molar-refractivity contribution in [3.8, 4) is 11.5 Å². The molecule has 0 atom stereocenters. The van der Waals surface area contributed by atoms with Crippen LogP contribution in [-0.4, -0.2) is 44.9 Å². The van der Waals surface area contributed by atoms with Crippen LogP contribution in [0.25, 0.3) is 11.0 Å². The molecule has 0 radical (unpaired) electrons. The Morgan fingerprint density at radius 3 is 2.57 bits per heavy atom. The average Bonchev–Trinajstić information content (AvgIpc) is 3.39. The Balaban J connectivity index is 1.71. The molecule has 3 N–H and O–H groups in total. The molecule has 4 aromatic rings. The first-order valence-electron chi connectivity index (χ1n) is 10.9. The lowest BCUT2D eigenvalue weighted by Gasteiger charge is -2.13. The van der Waals surface area contributed by atoms with Crippen molar-refractivity contribution in [1.29, 1.82) is 0 Å². The van der Waals surface area contributed by atoms with Crippen LogP contribution in [0.2, 0.25) is 0 Å². The zero-order valence-corrected chi connectivity index (χ0v) is 21.1. The number of imidazole rings is 1. The van der Waals surface area contributed by atoms with E-state index in [1.54, 1.807) is 27.4 Å². The summed E-state index contributed by atoms with van der Waals surface area (Å²) in [4.78, 5) is 29.5. The maximum absolute atomic E-state index is 13.1. The lowest BCUT2D eigenvalue weighted by molar-refractivity contribution is 0.0995. The van der Waals surface area contributed by atoms with Crippen molar-refractivity contribution in [3.05, 3.63) is 63.9 Å². The minimum atomic E-state index is -0.605. The highest BCUT2D eigenvalue weighted by Crippen LogP contribution is 2.31. The Kier molecular flexibility index (Phi) is 7.06. The maximum Gasteiger partial charge on any atom is 0.276 e. The lowest BCUT2D eigenvalue weighted by atomic mass is 10.1. The Morgan fingerprint density at radius 1 is 1.17 bits per heavy atom. The number of aryl methyl sites for hydroxylation is 2. The van der Waals surface area contributed by atoms with Crippen molar-refractivity contribution >= 4 is 44.7 Å². The molecule has 0 aliphatic rings. The van der Waals surface area contributed by atoms with E-state index in [1.165, 1.54) is 7.11 Å². The molecule has 2 aromatic carbocycles. The second kappa shape index (κ2) is 10.2. The van der Waals surface area contributed by atoms with Crippen LogP contribution in [0, 0.1) is 6.92 Å². The van der Waals surface area contributed by atoms with Gasteiger partial charge in [0, 0.05) is 16.6 Å². The summed E-state index contributed by atoms with van der Waals surface area (Å²) in [6.07, 6.45) is 0. The first-order chi connectivity index (χ1) is 16.8. The number of aromatic nitrogens is 4. The largest absolute Gasteiger partial charge is 0.494 e. The number of primary amides is 1. The van der Waals surface area contributed by atoms with Crippen molar-refractivity contribution in [2.75, 3.05) is 19.0 Å². The first kappa shape index (κ1) is 24.3. The third-order valence-corrected chi connectivity index (χ3v) is 5.90. The van der Waals surface area contributed by atoms with Crippen LogP contribution in [0.15, 0.2) is 46.9 Å². The Labute approximate surface area is 210 Å². The molecule has 2 aromatic heterocycles. The third-order valence-electron chi connectivity index (χ3n) is 5.37. The zero-order chi connectivity index (χ0) is 25.1. The number of fused-ring (bicyclic) bond motifs is 1. The van der Waals surface area contributed by atoms with Gasteiger partial charge in [0.05, 0.1) is 24.9 Å². The molecule has 11 heteroatoms. The van der Waals surface area contributed by atoms with Gasteiger partial charge in [0.15, 0.2) is 0 Å². The predicted molar refractivity (Wildman–Crippen MR) is 135 cm³/mol. The van der Waals surface area contributed by atoms with Gasteiger partial charge in [0.25, 0.3) is 5.91 Å². The van der Waals surface area contributed by atoms with Crippen LogP contribution in [-0.2, 0) is 13.1 Å². The summed E-state index contributed by atoms with van der Waals surface area (Å²) in [5.74, 6) is 0.430. The van der Waals surface area contributed by atoms with Crippen molar-refractivity contribution in [3.63, 3.8) is 0 Å². The fourth-order valence-electron chi connectivity index (χ4n) is 3.76. The van der Waals surface area contributed by atoms with E-state index in [4.69, 9.17) is 15.2 Å². The number of carbonyl (C=O) groups is 2. The van der Waals surface area contributed by atoms with Gasteiger partial charge in [0.2, 0.25) is 11.9 Å². The fourth-order valence-corrected chi connectivity index (χ4v) is 4.03. The molecule has 2 amide bonds. The van der Waals surface area contributed by atoms with E-state index < -0.39 is 5.91 Å².